The third-order valence-corrected chi connectivity index (χ3v) is 1.01. The number of hydrogen-bond donors (Lipinski definition) is 3. The minimum absolute atomic E-state index is 0.361. The van der Waals surface area contributed by atoms with Crippen LogP contribution in [0.25, 0.3) is 0 Å². The summed E-state index contributed by atoms with van der Waals surface area (Å²) < 4.78 is 0. The van der Waals surface area contributed by atoms with E-state index in [0.29, 0.717) is 6.61 Å². The molecule has 11 heavy (non-hydrogen) atoms. The van der Waals surface area contributed by atoms with E-state index in [-0.39, 0.29) is 0 Å². The number of carbonyl (C=O) groups is 1. The molecule has 4 nitrogen and oxygen atoms in total. The number of aliphatic hydroxyl groups excluding tert-OH is 1. The molecule has 0 saturated heterocycles. The van der Waals surface area contributed by atoms with E-state index < -0.39 is 6.16 Å². The molecule has 0 saturated carbocycles. The van der Waals surface area contributed by atoms with Crippen molar-refractivity contribution in [2.75, 3.05) is 6.61 Å². The quantitative estimate of drug-likeness (QED) is 0.553. The van der Waals surface area contributed by atoms with Crippen LogP contribution >= 0.6 is 0 Å². The predicted octanol–water partition coefficient (Wildman–Crippen LogP) is 1.78. The summed E-state index contributed by atoms with van der Waals surface area (Å²) in [6.07, 6.45) is 2.85. The van der Waals surface area contributed by atoms with Crippen molar-refractivity contribution in [3.05, 3.63) is 0 Å². The Morgan fingerprint density at radius 3 is 1.91 bits per heavy atom. The number of unbranched alkanes of at least 4 members (excludes halogenated alkanes) is 3. The highest BCUT2D eigenvalue weighted by atomic mass is 16.6. The Kier molecular flexibility index (Phi) is 14.0. The molecule has 0 bridgehead atoms. The van der Waals surface area contributed by atoms with Crippen molar-refractivity contribution in [2.24, 2.45) is 0 Å². The fourth-order valence-corrected chi connectivity index (χ4v) is 0.539. The molecule has 0 spiro atoms. The molecule has 4 heteroatoms. The molecule has 0 aliphatic heterocycles. The van der Waals surface area contributed by atoms with Gasteiger partial charge in [-0.15, -0.1) is 0 Å². The van der Waals surface area contributed by atoms with Crippen molar-refractivity contribution in [3.63, 3.8) is 0 Å². The third-order valence-electron chi connectivity index (χ3n) is 1.01. The second kappa shape index (κ2) is 12.0. The first-order valence-corrected chi connectivity index (χ1v) is 3.67. The van der Waals surface area contributed by atoms with Gasteiger partial charge in [0.25, 0.3) is 0 Å². The summed E-state index contributed by atoms with van der Waals surface area (Å²) >= 11 is 0. The van der Waals surface area contributed by atoms with Gasteiger partial charge in [0, 0.05) is 6.61 Å². The standard InChI is InChI=1S/C6H14O.CH2O3/c1-2-3-4-5-6-7;2-1(3)4/h7H,2-6H2,1H3;(H2,2,3,4). The average molecular weight is 164 g/mol. The fraction of sp³-hybridized carbons (Fsp3) is 0.857. The van der Waals surface area contributed by atoms with E-state index in [1.54, 1.807) is 0 Å². The Morgan fingerprint density at radius 1 is 1.18 bits per heavy atom. The molecule has 3 N–H and O–H groups in total. The zero-order chi connectivity index (χ0) is 9.11. The smallest absolute Gasteiger partial charge is 0.450 e. The van der Waals surface area contributed by atoms with Crippen molar-refractivity contribution >= 4 is 6.16 Å². The zero-order valence-corrected chi connectivity index (χ0v) is 6.79. The van der Waals surface area contributed by atoms with Crippen LogP contribution in [0.3, 0.4) is 0 Å². The van der Waals surface area contributed by atoms with Crippen molar-refractivity contribution < 1.29 is 20.1 Å². The topological polar surface area (TPSA) is 77.8 Å². The molecule has 0 aliphatic carbocycles. The van der Waals surface area contributed by atoms with Crippen molar-refractivity contribution in [3.8, 4) is 0 Å². The van der Waals surface area contributed by atoms with Gasteiger partial charge in [-0.2, -0.15) is 0 Å². The SMILES string of the molecule is CCCCCCO.O=C(O)O. The number of hydrogen-bond acceptors (Lipinski definition) is 2. The summed E-state index contributed by atoms with van der Waals surface area (Å²) in [6, 6.07) is 0. The minimum atomic E-state index is -1.83. The van der Waals surface area contributed by atoms with Crippen molar-refractivity contribution in [1.82, 2.24) is 0 Å². The van der Waals surface area contributed by atoms with E-state index in [1.165, 1.54) is 19.3 Å². The maximum Gasteiger partial charge on any atom is 0.503 e. The highest BCUT2D eigenvalue weighted by Gasteiger charge is 1.80. The van der Waals surface area contributed by atoms with E-state index >= 15 is 0 Å². The highest BCUT2D eigenvalue weighted by molar-refractivity contribution is 5.53. The second-order valence-electron chi connectivity index (χ2n) is 2.07. The van der Waals surface area contributed by atoms with Gasteiger partial charge in [-0.3, -0.25) is 0 Å². The molecule has 0 aromatic heterocycles. The Balaban J connectivity index is 0. The summed E-state index contributed by atoms with van der Waals surface area (Å²) in [5, 5.41) is 22.2. The molecular weight excluding hydrogens is 148 g/mol. The first-order chi connectivity index (χ1) is 5.15. The van der Waals surface area contributed by atoms with Gasteiger partial charge < -0.3 is 15.3 Å². The Bertz CT molecular complexity index is 74.5. The van der Waals surface area contributed by atoms with Gasteiger partial charge >= 0.3 is 6.16 Å². The summed E-state index contributed by atoms with van der Waals surface area (Å²) in [4.78, 5) is 8.56. The molecule has 0 radical (unpaired) electrons. The van der Waals surface area contributed by atoms with Gasteiger partial charge in [-0.25, -0.2) is 4.79 Å². The van der Waals surface area contributed by atoms with Crippen LogP contribution in [0.4, 0.5) is 4.79 Å². The second-order valence-corrected chi connectivity index (χ2v) is 2.07. The molecule has 0 aliphatic rings. The van der Waals surface area contributed by atoms with E-state index in [4.69, 9.17) is 20.1 Å². The number of aliphatic hydroxyl groups is 1. The van der Waals surface area contributed by atoms with Crippen LogP contribution in [0.5, 0.6) is 0 Å². The maximum atomic E-state index is 8.56. The van der Waals surface area contributed by atoms with E-state index in [1.807, 2.05) is 0 Å². The predicted molar refractivity (Wildman–Crippen MR) is 41.9 cm³/mol. The Labute approximate surface area is 66.5 Å². The van der Waals surface area contributed by atoms with E-state index in [9.17, 15) is 0 Å². The summed E-state index contributed by atoms with van der Waals surface area (Å²) in [7, 11) is 0. The lowest BCUT2D eigenvalue weighted by Crippen LogP contribution is -1.81. The first kappa shape index (κ1) is 12.9. The molecule has 0 aromatic rings. The average Bonchev–Trinajstić information content (AvgIpc) is 1.88. The molecule has 0 aromatic carbocycles. The van der Waals surface area contributed by atoms with Crippen molar-refractivity contribution in [2.45, 2.75) is 32.6 Å². The van der Waals surface area contributed by atoms with Crippen molar-refractivity contribution in [1.29, 1.82) is 0 Å². The van der Waals surface area contributed by atoms with Gasteiger partial charge in [0.1, 0.15) is 0 Å². The molecule has 0 fully saturated rings. The third kappa shape index (κ3) is 46.2. The zero-order valence-electron chi connectivity index (χ0n) is 6.79. The monoisotopic (exact) mass is 164 g/mol. The molecule has 0 heterocycles. The summed E-state index contributed by atoms with van der Waals surface area (Å²) in [5.41, 5.74) is 0. The largest absolute Gasteiger partial charge is 0.503 e. The number of carboxylic acid groups (broad SMARTS) is 2. The van der Waals surface area contributed by atoms with Crippen LogP contribution in [0, 0.1) is 0 Å². The minimum Gasteiger partial charge on any atom is -0.450 e. The van der Waals surface area contributed by atoms with Crippen LogP contribution in [0.15, 0.2) is 0 Å². The fourth-order valence-electron chi connectivity index (χ4n) is 0.539. The first-order valence-electron chi connectivity index (χ1n) is 3.67. The molecule has 0 atom stereocenters. The van der Waals surface area contributed by atoms with Crippen LogP contribution in [0.1, 0.15) is 32.6 Å². The highest BCUT2D eigenvalue weighted by Crippen LogP contribution is 1.95. The van der Waals surface area contributed by atoms with Crippen LogP contribution in [0.2, 0.25) is 0 Å². The Hall–Kier alpha value is -0.770. The lowest BCUT2D eigenvalue weighted by Gasteiger charge is -1.90. The Morgan fingerprint density at radius 2 is 1.64 bits per heavy atom. The van der Waals surface area contributed by atoms with Gasteiger partial charge in [0.2, 0.25) is 0 Å². The van der Waals surface area contributed by atoms with Gasteiger partial charge in [-0.05, 0) is 6.42 Å². The molecule has 68 valence electrons. The van der Waals surface area contributed by atoms with E-state index in [2.05, 4.69) is 6.92 Å². The summed E-state index contributed by atoms with van der Waals surface area (Å²) in [6.45, 7) is 2.53. The number of rotatable bonds is 4. The molecule has 0 unspecified atom stereocenters. The van der Waals surface area contributed by atoms with Crippen LogP contribution < -0.4 is 0 Å². The molecule has 0 rings (SSSR count). The molecule has 0 amide bonds. The van der Waals surface area contributed by atoms with Gasteiger partial charge in [-0.1, -0.05) is 26.2 Å². The van der Waals surface area contributed by atoms with Gasteiger partial charge in [0.05, 0.1) is 0 Å². The van der Waals surface area contributed by atoms with Gasteiger partial charge in [0.15, 0.2) is 0 Å². The lowest BCUT2D eigenvalue weighted by atomic mass is 10.2. The normalized spacial score (nSPS) is 8.18. The van der Waals surface area contributed by atoms with Crippen LogP contribution in [-0.2, 0) is 0 Å². The van der Waals surface area contributed by atoms with Crippen LogP contribution in [-0.4, -0.2) is 28.1 Å². The maximum absolute atomic E-state index is 8.56. The summed E-state index contributed by atoms with van der Waals surface area (Å²) in [5.74, 6) is 0. The molecular formula is C7H16O4. The lowest BCUT2D eigenvalue weighted by molar-refractivity contribution is 0.137. The van der Waals surface area contributed by atoms with E-state index in [0.717, 1.165) is 6.42 Å².